The van der Waals surface area contributed by atoms with Crippen LogP contribution in [-0.4, -0.2) is 27.3 Å². The van der Waals surface area contributed by atoms with Gasteiger partial charge in [-0.3, -0.25) is 4.79 Å². The second kappa shape index (κ2) is 10.3. The lowest BCUT2D eigenvalue weighted by molar-refractivity contribution is -0.145. The number of aromatic nitrogens is 2. The van der Waals surface area contributed by atoms with Crippen molar-refractivity contribution in [3.63, 3.8) is 0 Å². The number of aryl methyl sites for hydroxylation is 2. The number of nitrogens with zero attached hydrogens (tertiary/aromatic N) is 2. The molecule has 0 saturated heterocycles. The third-order valence-electron chi connectivity index (χ3n) is 7.47. The predicted molar refractivity (Wildman–Crippen MR) is 146 cm³/mol. The number of benzene rings is 3. The van der Waals surface area contributed by atoms with Crippen molar-refractivity contribution in [3.8, 4) is 34.0 Å². The number of hydrogen-bond acceptors (Lipinski definition) is 5. The van der Waals surface area contributed by atoms with E-state index in [1.165, 1.54) is 11.1 Å². The van der Waals surface area contributed by atoms with Gasteiger partial charge >= 0.3 is 5.97 Å². The summed E-state index contributed by atoms with van der Waals surface area (Å²) in [4.78, 5) is 15.8. The number of hydrogen-bond donors (Lipinski definition) is 2. The van der Waals surface area contributed by atoms with Gasteiger partial charge in [-0.25, -0.2) is 0 Å². The highest BCUT2D eigenvalue weighted by molar-refractivity contribution is 6.33. The summed E-state index contributed by atoms with van der Waals surface area (Å²) in [7, 11) is 0. The van der Waals surface area contributed by atoms with Crippen molar-refractivity contribution in [3.05, 3.63) is 82.4 Å². The van der Waals surface area contributed by atoms with E-state index in [1.54, 1.807) is 0 Å². The fourth-order valence-electron chi connectivity index (χ4n) is 5.41. The lowest BCUT2D eigenvalue weighted by Crippen LogP contribution is -2.45. The first-order valence-electron chi connectivity index (χ1n) is 12.3. The van der Waals surface area contributed by atoms with Crippen LogP contribution in [0.3, 0.4) is 0 Å². The zero-order valence-corrected chi connectivity index (χ0v) is 21.9. The lowest BCUT2D eigenvalue weighted by Gasteiger charge is -2.35. The van der Waals surface area contributed by atoms with Gasteiger partial charge in [-0.05, 0) is 79.1 Å². The third-order valence-corrected chi connectivity index (χ3v) is 7.80. The molecule has 1 atom stereocenters. The Balaban J connectivity index is 0.00000280. The highest BCUT2D eigenvalue weighted by Gasteiger charge is 2.36. The van der Waals surface area contributed by atoms with Crippen molar-refractivity contribution in [2.75, 3.05) is 0 Å². The molecule has 0 bridgehead atoms. The minimum Gasteiger partial charge on any atom is -0.481 e. The summed E-state index contributed by atoms with van der Waals surface area (Å²) in [6.45, 7) is 2.05. The number of nitrogens with one attached hydrogen (secondary N) is 1. The highest BCUT2D eigenvalue weighted by atomic mass is 35.5. The van der Waals surface area contributed by atoms with Gasteiger partial charge in [0.05, 0.1) is 5.92 Å². The third kappa shape index (κ3) is 4.89. The van der Waals surface area contributed by atoms with Gasteiger partial charge in [-0.1, -0.05) is 53.2 Å². The fraction of sp³-hybridized carbons (Fsp3) is 0.276. The van der Waals surface area contributed by atoms with Crippen molar-refractivity contribution in [1.29, 1.82) is 0 Å². The molecular formula is C29H27Cl2N3O3. The van der Waals surface area contributed by atoms with E-state index in [4.69, 9.17) is 21.2 Å². The van der Waals surface area contributed by atoms with Crippen LogP contribution >= 0.6 is 24.0 Å². The maximum Gasteiger partial charge on any atom is 0.306 e. The Labute approximate surface area is 226 Å². The highest BCUT2D eigenvalue weighted by Crippen LogP contribution is 2.38. The van der Waals surface area contributed by atoms with Crippen LogP contribution in [0.15, 0.2) is 65.2 Å². The van der Waals surface area contributed by atoms with Crippen molar-refractivity contribution < 1.29 is 14.4 Å². The van der Waals surface area contributed by atoms with Gasteiger partial charge in [-0.15, -0.1) is 12.4 Å². The maximum atomic E-state index is 11.1. The van der Waals surface area contributed by atoms with Crippen LogP contribution in [0.25, 0.3) is 34.0 Å². The molecule has 0 amide bonds. The largest absolute Gasteiger partial charge is 0.481 e. The molecule has 37 heavy (non-hydrogen) atoms. The quantitative estimate of drug-likeness (QED) is 0.279. The first-order valence-corrected chi connectivity index (χ1v) is 12.7. The summed E-state index contributed by atoms with van der Waals surface area (Å²) in [5.74, 6) is 0.169. The van der Waals surface area contributed by atoms with E-state index in [1.807, 2.05) is 48.5 Å². The van der Waals surface area contributed by atoms with Crippen molar-refractivity contribution in [2.24, 2.45) is 5.92 Å². The molecule has 6 nitrogen and oxygen atoms in total. The molecule has 190 valence electrons. The standard InChI is InChI=1S/C29H26ClN3O3.ClH/c1-16-12-19(7-9-22(16)24-4-2-3-5-25(24)30)28-32-27(33-36-28)18-6-10-23-17(13-18)8-11-26(23)31-21-14-20(15-21)29(34)35;/h2-7,9-10,12-13,20-21,26,31H,8,11,14-15H2,1H3,(H,34,35);1H. The summed E-state index contributed by atoms with van der Waals surface area (Å²) < 4.78 is 5.63. The van der Waals surface area contributed by atoms with Gasteiger partial charge < -0.3 is 14.9 Å². The minimum atomic E-state index is -0.685. The Hall–Kier alpha value is -3.19. The second-order valence-electron chi connectivity index (χ2n) is 9.81. The normalized spacial score (nSPS) is 20.1. The molecule has 1 fully saturated rings. The molecule has 2 N–H and O–H groups in total. The molecule has 0 aliphatic heterocycles. The van der Waals surface area contributed by atoms with Crippen molar-refractivity contribution in [1.82, 2.24) is 15.5 Å². The summed E-state index contributed by atoms with van der Waals surface area (Å²) in [6.07, 6.45) is 3.42. The summed E-state index contributed by atoms with van der Waals surface area (Å²) in [6, 6.07) is 20.8. The van der Waals surface area contributed by atoms with Crippen molar-refractivity contribution >= 4 is 30.0 Å². The Morgan fingerprint density at radius 2 is 1.84 bits per heavy atom. The molecule has 0 radical (unpaired) electrons. The fourth-order valence-corrected chi connectivity index (χ4v) is 5.64. The van der Waals surface area contributed by atoms with Crippen LogP contribution in [0.5, 0.6) is 0 Å². The van der Waals surface area contributed by atoms with Gasteiger partial charge in [0.2, 0.25) is 5.82 Å². The molecule has 3 aromatic carbocycles. The molecule has 1 aromatic heterocycles. The number of fused-ring (bicyclic) bond motifs is 1. The van der Waals surface area contributed by atoms with E-state index >= 15 is 0 Å². The number of rotatable bonds is 6. The average molecular weight is 536 g/mol. The van der Waals surface area contributed by atoms with Crippen LogP contribution in [0, 0.1) is 12.8 Å². The monoisotopic (exact) mass is 535 g/mol. The number of carboxylic acid groups (broad SMARTS) is 1. The van der Waals surface area contributed by atoms with Gasteiger partial charge in [-0.2, -0.15) is 4.98 Å². The number of carbonyl (C=O) groups is 1. The summed E-state index contributed by atoms with van der Waals surface area (Å²) in [5.41, 5.74) is 7.52. The van der Waals surface area contributed by atoms with E-state index in [0.717, 1.165) is 45.7 Å². The van der Waals surface area contributed by atoms with Crippen molar-refractivity contribution in [2.45, 2.75) is 44.7 Å². The van der Waals surface area contributed by atoms with E-state index in [-0.39, 0.29) is 30.4 Å². The minimum absolute atomic E-state index is 0. The zero-order chi connectivity index (χ0) is 24.8. The number of carboxylic acids is 1. The van der Waals surface area contributed by atoms with Gasteiger partial charge in [0, 0.05) is 33.8 Å². The Kier molecular flexibility index (Phi) is 7.08. The number of aliphatic carboxylic acids is 1. The topological polar surface area (TPSA) is 88.2 Å². The van der Waals surface area contributed by atoms with Crippen LogP contribution in [0.1, 0.15) is 42.0 Å². The molecule has 1 heterocycles. The van der Waals surface area contributed by atoms with E-state index in [2.05, 4.69) is 34.5 Å². The first kappa shape index (κ1) is 25.5. The molecule has 2 aliphatic rings. The Morgan fingerprint density at radius 3 is 2.59 bits per heavy atom. The summed E-state index contributed by atoms with van der Waals surface area (Å²) in [5, 5.41) is 17.7. The molecule has 4 aromatic rings. The lowest BCUT2D eigenvalue weighted by atomic mass is 9.80. The SMILES string of the molecule is Cc1cc(-c2nc(-c3ccc4c(c3)CCC4NC3CC(C(=O)O)C3)no2)ccc1-c1ccccc1Cl.Cl. The molecule has 0 spiro atoms. The smallest absolute Gasteiger partial charge is 0.306 e. The summed E-state index contributed by atoms with van der Waals surface area (Å²) >= 11 is 6.39. The first-order chi connectivity index (χ1) is 17.5. The van der Waals surface area contributed by atoms with Gasteiger partial charge in [0.1, 0.15) is 0 Å². The molecule has 2 aliphatic carbocycles. The van der Waals surface area contributed by atoms with Gasteiger partial charge in [0.15, 0.2) is 0 Å². The van der Waals surface area contributed by atoms with Crippen LogP contribution in [0.4, 0.5) is 0 Å². The molecule has 1 unspecified atom stereocenters. The van der Waals surface area contributed by atoms with Crippen LogP contribution in [-0.2, 0) is 11.2 Å². The van der Waals surface area contributed by atoms with Crippen LogP contribution < -0.4 is 5.32 Å². The molecular weight excluding hydrogens is 509 g/mol. The Morgan fingerprint density at radius 1 is 1.05 bits per heavy atom. The molecule has 6 rings (SSSR count). The van der Waals surface area contributed by atoms with E-state index in [0.29, 0.717) is 24.6 Å². The average Bonchev–Trinajstić information content (AvgIpc) is 3.49. The Bertz CT molecular complexity index is 1460. The second-order valence-corrected chi connectivity index (χ2v) is 10.2. The predicted octanol–water partition coefficient (Wildman–Crippen LogP) is 6.89. The number of halogens is 2. The molecule has 8 heteroatoms. The van der Waals surface area contributed by atoms with Gasteiger partial charge in [0.25, 0.3) is 5.89 Å². The van der Waals surface area contributed by atoms with E-state index < -0.39 is 5.97 Å². The van der Waals surface area contributed by atoms with E-state index in [9.17, 15) is 4.79 Å². The van der Waals surface area contributed by atoms with Crippen LogP contribution in [0.2, 0.25) is 5.02 Å². The zero-order valence-electron chi connectivity index (χ0n) is 20.3. The maximum absolute atomic E-state index is 11.1. The molecule has 1 saturated carbocycles.